The van der Waals surface area contributed by atoms with Crippen LogP contribution in [0.25, 0.3) is 10.2 Å². The fourth-order valence-corrected chi connectivity index (χ4v) is 4.86. The van der Waals surface area contributed by atoms with Gasteiger partial charge in [-0.1, -0.05) is 29.3 Å². The van der Waals surface area contributed by atoms with Crippen LogP contribution in [0.1, 0.15) is 16.0 Å². The number of benzene rings is 1. The lowest BCUT2D eigenvalue weighted by atomic mass is 10.1. The van der Waals surface area contributed by atoms with Crippen molar-refractivity contribution < 1.29 is 0 Å². The minimum atomic E-state index is 0.507. The van der Waals surface area contributed by atoms with E-state index >= 15 is 0 Å². The lowest BCUT2D eigenvalue weighted by molar-refractivity contribution is 0.318. The monoisotopic (exact) mass is 378 g/mol. The molecule has 0 saturated heterocycles. The summed E-state index contributed by atoms with van der Waals surface area (Å²) in [7, 11) is 2.13. The highest BCUT2D eigenvalue weighted by Crippen LogP contribution is 2.31. The van der Waals surface area contributed by atoms with Gasteiger partial charge in [0, 0.05) is 28.0 Å². The Labute approximate surface area is 153 Å². The summed E-state index contributed by atoms with van der Waals surface area (Å²) in [4.78, 5) is 9.19. The number of nitrogens with zero attached hydrogens (tertiary/aromatic N) is 3. The number of rotatable bonds is 2. The van der Waals surface area contributed by atoms with Gasteiger partial charge in [0.15, 0.2) is 0 Å². The molecule has 1 N–H and O–H groups in total. The number of hydrogen-bond donors (Lipinski definition) is 1. The van der Waals surface area contributed by atoms with Crippen LogP contribution in [0.5, 0.6) is 0 Å². The predicted octanol–water partition coefficient (Wildman–Crippen LogP) is 3.92. The van der Waals surface area contributed by atoms with Crippen LogP contribution in [0.3, 0.4) is 0 Å². The minimum Gasteiger partial charge on any atom is -0.312 e. The quantitative estimate of drug-likeness (QED) is 0.734. The molecule has 0 spiro atoms. The Kier molecular flexibility index (Phi) is 4.12. The predicted molar refractivity (Wildman–Crippen MR) is 99.1 cm³/mol. The van der Waals surface area contributed by atoms with Crippen LogP contribution in [0.4, 0.5) is 0 Å². The molecule has 1 aromatic carbocycles. The number of aromatic nitrogens is 2. The average Bonchev–Trinajstić information content (AvgIpc) is 2.90. The van der Waals surface area contributed by atoms with Crippen LogP contribution in [0.15, 0.2) is 24.5 Å². The van der Waals surface area contributed by atoms with E-state index in [-0.39, 0.29) is 0 Å². The van der Waals surface area contributed by atoms with Gasteiger partial charge in [-0.25, -0.2) is 4.98 Å². The van der Waals surface area contributed by atoms with Crippen molar-refractivity contribution >= 4 is 44.8 Å². The summed E-state index contributed by atoms with van der Waals surface area (Å²) >= 11 is 13.9. The Hall–Kier alpha value is -1.40. The van der Waals surface area contributed by atoms with E-state index < -0.39 is 0 Å². The molecule has 0 bridgehead atoms. The van der Waals surface area contributed by atoms with Crippen molar-refractivity contribution in [2.45, 2.75) is 19.5 Å². The second-order valence-corrected chi connectivity index (χ2v) is 8.06. The Morgan fingerprint density at radius 2 is 2.17 bits per heavy atom. The first kappa shape index (κ1) is 16.1. The van der Waals surface area contributed by atoms with Crippen molar-refractivity contribution in [1.82, 2.24) is 14.5 Å². The molecule has 124 valence electrons. The molecule has 1 aliphatic rings. The molecule has 1 aliphatic heterocycles. The highest BCUT2D eigenvalue weighted by Gasteiger charge is 2.21. The van der Waals surface area contributed by atoms with Crippen molar-refractivity contribution in [2.75, 3.05) is 13.6 Å². The van der Waals surface area contributed by atoms with E-state index in [1.54, 1.807) is 23.7 Å². The molecule has 3 aromatic rings. The van der Waals surface area contributed by atoms with Gasteiger partial charge in [0.05, 0.1) is 18.3 Å². The third-order valence-electron chi connectivity index (χ3n) is 4.42. The highest BCUT2D eigenvalue weighted by atomic mass is 35.5. The van der Waals surface area contributed by atoms with Gasteiger partial charge >= 0.3 is 0 Å². The maximum absolute atomic E-state index is 8.66. The first-order valence-electron chi connectivity index (χ1n) is 7.69. The van der Waals surface area contributed by atoms with Crippen molar-refractivity contribution in [2.24, 2.45) is 0 Å². The van der Waals surface area contributed by atoms with Crippen molar-refractivity contribution in [3.8, 4) is 0 Å². The SMILES string of the molecule is CN1CCc2c(sc3ncn(Cc4ccc(Cl)cc4Cl)c(=N)c23)C1. The molecule has 2 aromatic heterocycles. The number of likely N-dealkylation sites (N-methyl/N-ethyl adjacent to an activating group) is 1. The van der Waals surface area contributed by atoms with Crippen LogP contribution in [0, 0.1) is 5.41 Å². The highest BCUT2D eigenvalue weighted by molar-refractivity contribution is 7.18. The maximum Gasteiger partial charge on any atom is 0.136 e. The Balaban J connectivity index is 1.80. The third kappa shape index (κ3) is 2.75. The van der Waals surface area contributed by atoms with Gasteiger partial charge in [-0.3, -0.25) is 5.41 Å². The largest absolute Gasteiger partial charge is 0.312 e. The fraction of sp³-hybridized carbons (Fsp3) is 0.294. The second kappa shape index (κ2) is 6.15. The lowest BCUT2D eigenvalue weighted by Gasteiger charge is -2.22. The summed E-state index contributed by atoms with van der Waals surface area (Å²) in [5.41, 5.74) is 2.74. The maximum atomic E-state index is 8.66. The van der Waals surface area contributed by atoms with Crippen LogP contribution in [-0.2, 0) is 19.5 Å². The summed E-state index contributed by atoms with van der Waals surface area (Å²) in [6.07, 6.45) is 2.71. The summed E-state index contributed by atoms with van der Waals surface area (Å²) in [5.74, 6) is 0. The van der Waals surface area contributed by atoms with E-state index in [0.717, 1.165) is 35.3 Å². The number of hydrogen-bond acceptors (Lipinski definition) is 4. The zero-order chi connectivity index (χ0) is 16.8. The molecule has 0 saturated carbocycles. The van der Waals surface area contributed by atoms with Crippen molar-refractivity contribution in [3.05, 3.63) is 56.1 Å². The number of halogens is 2. The van der Waals surface area contributed by atoms with Crippen LogP contribution < -0.4 is 5.49 Å². The summed E-state index contributed by atoms with van der Waals surface area (Å²) in [6.45, 7) is 2.48. The first-order valence-corrected chi connectivity index (χ1v) is 9.27. The van der Waals surface area contributed by atoms with E-state index in [2.05, 4.69) is 16.9 Å². The number of thiophene rings is 1. The third-order valence-corrected chi connectivity index (χ3v) is 6.14. The van der Waals surface area contributed by atoms with Gasteiger partial charge in [0.2, 0.25) is 0 Å². The Morgan fingerprint density at radius 1 is 1.33 bits per heavy atom. The van der Waals surface area contributed by atoms with Gasteiger partial charge in [0.1, 0.15) is 10.3 Å². The lowest BCUT2D eigenvalue weighted by Crippen LogP contribution is -2.27. The van der Waals surface area contributed by atoms with E-state index in [9.17, 15) is 0 Å². The standard InChI is InChI=1S/C17H16Cl2N4S/c1-22-5-4-12-14(8-22)24-17-15(12)16(20)23(9-21-17)7-10-2-3-11(18)6-13(10)19/h2-3,6,9,20H,4-5,7-8H2,1H3. The second-order valence-electron chi connectivity index (χ2n) is 6.13. The molecule has 7 heteroatoms. The molecule has 0 amide bonds. The molecular formula is C17H16Cl2N4S. The Bertz CT molecular complexity index is 992. The fourth-order valence-electron chi connectivity index (χ4n) is 3.13. The summed E-state index contributed by atoms with van der Waals surface area (Å²) in [6, 6.07) is 5.46. The molecule has 3 heterocycles. The van der Waals surface area contributed by atoms with Gasteiger partial charge in [-0.05, 0) is 36.7 Å². The normalized spacial score (nSPS) is 15.0. The van der Waals surface area contributed by atoms with Crippen molar-refractivity contribution in [3.63, 3.8) is 0 Å². The van der Waals surface area contributed by atoms with E-state index in [1.165, 1.54) is 10.4 Å². The van der Waals surface area contributed by atoms with Gasteiger partial charge < -0.3 is 9.47 Å². The smallest absolute Gasteiger partial charge is 0.136 e. The topological polar surface area (TPSA) is 44.9 Å². The summed E-state index contributed by atoms with van der Waals surface area (Å²) < 4.78 is 1.85. The van der Waals surface area contributed by atoms with Gasteiger partial charge in [0.25, 0.3) is 0 Å². The zero-order valence-electron chi connectivity index (χ0n) is 13.1. The van der Waals surface area contributed by atoms with Gasteiger partial charge in [-0.15, -0.1) is 11.3 Å². The number of fused-ring (bicyclic) bond motifs is 3. The van der Waals surface area contributed by atoms with Crippen LogP contribution in [0.2, 0.25) is 10.0 Å². The molecule has 24 heavy (non-hydrogen) atoms. The Morgan fingerprint density at radius 3 is 2.96 bits per heavy atom. The molecule has 0 unspecified atom stereocenters. The molecule has 0 fully saturated rings. The number of nitrogens with one attached hydrogen (secondary N) is 1. The average molecular weight is 379 g/mol. The molecule has 0 atom stereocenters. The van der Waals surface area contributed by atoms with Crippen LogP contribution in [-0.4, -0.2) is 28.0 Å². The zero-order valence-corrected chi connectivity index (χ0v) is 15.5. The van der Waals surface area contributed by atoms with Gasteiger partial charge in [-0.2, -0.15) is 0 Å². The van der Waals surface area contributed by atoms with Crippen molar-refractivity contribution in [1.29, 1.82) is 5.41 Å². The molecule has 4 rings (SSSR count). The van der Waals surface area contributed by atoms with E-state index in [4.69, 9.17) is 28.6 Å². The van der Waals surface area contributed by atoms with E-state index in [0.29, 0.717) is 22.1 Å². The summed E-state index contributed by atoms with van der Waals surface area (Å²) in [5, 5.41) is 10.9. The minimum absolute atomic E-state index is 0.507. The molecule has 0 aliphatic carbocycles. The molecule has 4 nitrogen and oxygen atoms in total. The molecular weight excluding hydrogens is 363 g/mol. The van der Waals surface area contributed by atoms with E-state index in [1.807, 2.05) is 16.7 Å². The molecule has 0 radical (unpaired) electrons. The first-order chi connectivity index (χ1) is 11.5. The van der Waals surface area contributed by atoms with Crippen LogP contribution >= 0.6 is 34.5 Å².